The smallest absolute Gasteiger partial charge is 0.255 e. The standard InChI is InChI=1S/C19H21FN2O2/c1-2-24-18-15(6-4-7-16(18)20)19(23)22-17-8-3-5-12-11-13(21)9-10-14(12)17/h4,6-7,9-11,17H,2-3,5,8,21H2,1H3,(H,22,23). The summed E-state index contributed by atoms with van der Waals surface area (Å²) >= 11 is 0. The number of rotatable bonds is 4. The van der Waals surface area contributed by atoms with Crippen molar-refractivity contribution in [2.75, 3.05) is 12.3 Å². The van der Waals surface area contributed by atoms with Gasteiger partial charge in [0.25, 0.3) is 5.91 Å². The summed E-state index contributed by atoms with van der Waals surface area (Å²) < 4.78 is 19.3. The van der Waals surface area contributed by atoms with E-state index in [1.54, 1.807) is 13.0 Å². The quantitative estimate of drug-likeness (QED) is 0.843. The fourth-order valence-electron chi connectivity index (χ4n) is 3.20. The summed E-state index contributed by atoms with van der Waals surface area (Å²) in [6.07, 6.45) is 2.78. The van der Waals surface area contributed by atoms with E-state index in [0.29, 0.717) is 6.61 Å². The SMILES string of the molecule is CCOc1c(F)cccc1C(=O)NC1CCCc2cc(N)ccc21. The highest BCUT2D eigenvalue weighted by Gasteiger charge is 2.24. The minimum absolute atomic E-state index is 0.00541. The molecule has 0 bridgehead atoms. The monoisotopic (exact) mass is 328 g/mol. The Bertz CT molecular complexity index is 761. The largest absolute Gasteiger partial charge is 0.490 e. The number of anilines is 1. The van der Waals surface area contributed by atoms with Crippen LogP contribution in [0.15, 0.2) is 36.4 Å². The summed E-state index contributed by atoms with van der Waals surface area (Å²) in [7, 11) is 0. The van der Waals surface area contributed by atoms with Crippen molar-refractivity contribution in [3.8, 4) is 5.75 Å². The maximum atomic E-state index is 13.9. The van der Waals surface area contributed by atoms with Gasteiger partial charge in [0.15, 0.2) is 11.6 Å². The predicted octanol–water partition coefficient (Wildman–Crippen LogP) is 3.61. The van der Waals surface area contributed by atoms with Crippen LogP contribution >= 0.6 is 0 Å². The molecule has 5 heteroatoms. The second-order valence-corrected chi connectivity index (χ2v) is 5.93. The van der Waals surface area contributed by atoms with Crippen LogP contribution in [-0.2, 0) is 6.42 Å². The van der Waals surface area contributed by atoms with Crippen molar-refractivity contribution in [2.24, 2.45) is 0 Å². The number of hydrogen-bond donors (Lipinski definition) is 2. The van der Waals surface area contributed by atoms with E-state index >= 15 is 0 Å². The van der Waals surface area contributed by atoms with Crippen molar-refractivity contribution in [2.45, 2.75) is 32.2 Å². The zero-order valence-electron chi connectivity index (χ0n) is 13.6. The minimum Gasteiger partial charge on any atom is -0.490 e. The van der Waals surface area contributed by atoms with Crippen LogP contribution < -0.4 is 15.8 Å². The van der Waals surface area contributed by atoms with Crippen molar-refractivity contribution >= 4 is 11.6 Å². The summed E-state index contributed by atoms with van der Waals surface area (Å²) in [4.78, 5) is 12.7. The molecule has 1 aliphatic rings. The summed E-state index contributed by atoms with van der Waals surface area (Å²) in [5, 5.41) is 3.01. The number of fused-ring (bicyclic) bond motifs is 1. The number of carbonyl (C=O) groups excluding carboxylic acids is 1. The normalized spacial score (nSPS) is 16.3. The number of nitrogens with one attached hydrogen (secondary N) is 1. The van der Waals surface area contributed by atoms with Gasteiger partial charge in [-0.2, -0.15) is 0 Å². The first kappa shape index (κ1) is 16.3. The van der Waals surface area contributed by atoms with Gasteiger partial charge in [0.05, 0.1) is 18.2 Å². The van der Waals surface area contributed by atoms with Gasteiger partial charge in [-0.15, -0.1) is 0 Å². The molecule has 0 heterocycles. The molecule has 1 atom stereocenters. The molecule has 1 amide bonds. The second kappa shape index (κ2) is 6.91. The van der Waals surface area contributed by atoms with Crippen LogP contribution in [0.25, 0.3) is 0 Å². The average molecular weight is 328 g/mol. The molecule has 0 saturated carbocycles. The molecule has 0 aromatic heterocycles. The average Bonchev–Trinajstić information content (AvgIpc) is 2.56. The zero-order valence-corrected chi connectivity index (χ0v) is 13.6. The highest BCUT2D eigenvalue weighted by atomic mass is 19.1. The molecule has 0 spiro atoms. The van der Waals surface area contributed by atoms with Crippen LogP contribution in [0.1, 0.15) is 47.3 Å². The number of para-hydroxylation sites is 1. The van der Waals surface area contributed by atoms with Crippen molar-refractivity contribution in [1.29, 1.82) is 0 Å². The third-order valence-electron chi connectivity index (χ3n) is 4.29. The topological polar surface area (TPSA) is 64.3 Å². The summed E-state index contributed by atoms with van der Waals surface area (Å²) in [5.74, 6) is -0.847. The third kappa shape index (κ3) is 3.20. The number of ether oxygens (including phenoxy) is 1. The molecule has 0 radical (unpaired) electrons. The van der Waals surface area contributed by atoms with E-state index in [4.69, 9.17) is 10.5 Å². The highest BCUT2D eigenvalue weighted by Crippen LogP contribution is 2.32. The van der Waals surface area contributed by atoms with E-state index in [9.17, 15) is 9.18 Å². The fraction of sp³-hybridized carbons (Fsp3) is 0.316. The third-order valence-corrected chi connectivity index (χ3v) is 4.29. The second-order valence-electron chi connectivity index (χ2n) is 5.93. The number of hydrogen-bond acceptors (Lipinski definition) is 3. The molecule has 24 heavy (non-hydrogen) atoms. The van der Waals surface area contributed by atoms with E-state index in [0.717, 1.165) is 36.1 Å². The van der Waals surface area contributed by atoms with Gasteiger partial charge >= 0.3 is 0 Å². The number of aryl methyl sites for hydroxylation is 1. The van der Waals surface area contributed by atoms with Crippen molar-refractivity contribution in [1.82, 2.24) is 5.32 Å². The molecule has 3 rings (SSSR count). The van der Waals surface area contributed by atoms with Crippen molar-refractivity contribution < 1.29 is 13.9 Å². The molecule has 3 N–H and O–H groups in total. The lowest BCUT2D eigenvalue weighted by Crippen LogP contribution is -2.31. The molecule has 1 unspecified atom stereocenters. The number of nitrogen functional groups attached to an aromatic ring is 1. The highest BCUT2D eigenvalue weighted by molar-refractivity contribution is 5.97. The van der Waals surface area contributed by atoms with Crippen LogP contribution in [0.5, 0.6) is 5.75 Å². The molecule has 4 nitrogen and oxygen atoms in total. The van der Waals surface area contributed by atoms with Gasteiger partial charge in [0.2, 0.25) is 0 Å². The number of amides is 1. The maximum Gasteiger partial charge on any atom is 0.255 e. The summed E-state index contributed by atoms with van der Waals surface area (Å²) in [6, 6.07) is 10.1. The van der Waals surface area contributed by atoms with E-state index in [1.807, 2.05) is 18.2 Å². The van der Waals surface area contributed by atoms with E-state index < -0.39 is 5.82 Å². The first-order valence-electron chi connectivity index (χ1n) is 8.20. The first-order chi connectivity index (χ1) is 11.6. The Hall–Kier alpha value is -2.56. The van der Waals surface area contributed by atoms with Gasteiger partial charge in [0.1, 0.15) is 0 Å². The molecular formula is C19H21FN2O2. The molecular weight excluding hydrogens is 307 g/mol. The predicted molar refractivity (Wildman–Crippen MR) is 91.6 cm³/mol. The Kier molecular flexibility index (Phi) is 4.69. The molecule has 2 aromatic carbocycles. The van der Waals surface area contributed by atoms with Crippen LogP contribution in [0.2, 0.25) is 0 Å². The van der Waals surface area contributed by atoms with Gasteiger partial charge in [-0.25, -0.2) is 4.39 Å². The number of carbonyl (C=O) groups is 1. The summed E-state index contributed by atoms with van der Waals surface area (Å²) in [6.45, 7) is 2.06. The molecule has 126 valence electrons. The first-order valence-corrected chi connectivity index (χ1v) is 8.20. The molecule has 0 aliphatic heterocycles. The number of nitrogens with two attached hydrogens (primary N) is 1. The Morgan fingerprint density at radius 3 is 3.00 bits per heavy atom. The van der Waals surface area contributed by atoms with Crippen LogP contribution in [-0.4, -0.2) is 12.5 Å². The zero-order chi connectivity index (χ0) is 17.1. The lowest BCUT2D eigenvalue weighted by Gasteiger charge is -2.27. The number of halogens is 1. The van der Waals surface area contributed by atoms with Crippen LogP contribution in [0.3, 0.4) is 0 Å². The lowest BCUT2D eigenvalue weighted by atomic mass is 9.87. The molecule has 0 fully saturated rings. The molecule has 0 saturated heterocycles. The van der Waals surface area contributed by atoms with E-state index in [1.165, 1.54) is 12.1 Å². The van der Waals surface area contributed by atoms with Gasteiger partial charge in [-0.05, 0) is 61.6 Å². The van der Waals surface area contributed by atoms with Crippen LogP contribution in [0, 0.1) is 5.82 Å². The minimum atomic E-state index is -0.527. The Balaban J connectivity index is 1.86. The Morgan fingerprint density at radius 2 is 2.21 bits per heavy atom. The Labute approximate surface area is 140 Å². The van der Waals surface area contributed by atoms with E-state index in [-0.39, 0.29) is 23.3 Å². The van der Waals surface area contributed by atoms with Gasteiger partial charge < -0.3 is 15.8 Å². The molecule has 1 aliphatic carbocycles. The van der Waals surface area contributed by atoms with Gasteiger partial charge in [-0.1, -0.05) is 12.1 Å². The maximum absolute atomic E-state index is 13.9. The van der Waals surface area contributed by atoms with Gasteiger partial charge in [0, 0.05) is 5.69 Å². The summed E-state index contributed by atoms with van der Waals surface area (Å²) in [5.41, 5.74) is 9.04. The number of benzene rings is 2. The molecule has 2 aromatic rings. The van der Waals surface area contributed by atoms with Crippen molar-refractivity contribution in [3.05, 3.63) is 58.9 Å². The lowest BCUT2D eigenvalue weighted by molar-refractivity contribution is 0.0928. The van der Waals surface area contributed by atoms with Gasteiger partial charge in [-0.3, -0.25) is 4.79 Å². The van der Waals surface area contributed by atoms with Crippen molar-refractivity contribution in [3.63, 3.8) is 0 Å². The Morgan fingerprint density at radius 1 is 1.38 bits per heavy atom. The van der Waals surface area contributed by atoms with Crippen LogP contribution in [0.4, 0.5) is 10.1 Å². The van der Waals surface area contributed by atoms with E-state index in [2.05, 4.69) is 5.32 Å². The fourth-order valence-corrected chi connectivity index (χ4v) is 3.20.